The molecule has 1 amide bonds. The topological polar surface area (TPSA) is 64.4 Å². The summed E-state index contributed by atoms with van der Waals surface area (Å²) in [6.45, 7) is -0.924. The van der Waals surface area contributed by atoms with Gasteiger partial charge in [-0.25, -0.2) is 0 Å². The second kappa shape index (κ2) is 8.66. The normalized spacial score (nSPS) is 11.6. The van der Waals surface area contributed by atoms with Gasteiger partial charge in [0.2, 0.25) is 5.91 Å². The van der Waals surface area contributed by atoms with Gasteiger partial charge in [-0.05, 0) is 30.7 Å². The number of hydrogen-bond donors (Lipinski definition) is 2. The van der Waals surface area contributed by atoms with Gasteiger partial charge in [0.25, 0.3) is 0 Å². The van der Waals surface area contributed by atoms with E-state index in [0.29, 0.717) is 12.1 Å². The molecule has 0 radical (unpaired) electrons. The molecule has 0 saturated heterocycles. The van der Waals surface area contributed by atoms with Gasteiger partial charge >= 0.3 is 6.61 Å². The molecule has 19 heavy (non-hydrogen) atoms. The monoisotopic (exact) mass is 294 g/mol. The van der Waals surface area contributed by atoms with Crippen LogP contribution in [0.3, 0.4) is 0 Å². The van der Waals surface area contributed by atoms with Crippen molar-refractivity contribution in [3.8, 4) is 5.75 Å². The van der Waals surface area contributed by atoms with E-state index in [-0.39, 0.29) is 24.1 Å². The molecule has 0 aliphatic carbocycles. The number of anilines is 1. The molecule has 7 heteroatoms. The molecule has 3 N–H and O–H groups in total. The van der Waals surface area contributed by atoms with Gasteiger partial charge in [0.1, 0.15) is 5.75 Å². The van der Waals surface area contributed by atoms with Crippen LogP contribution in [0, 0.1) is 0 Å². The van der Waals surface area contributed by atoms with E-state index >= 15 is 0 Å². The van der Waals surface area contributed by atoms with Crippen molar-refractivity contribution < 1.29 is 18.3 Å². The van der Waals surface area contributed by atoms with Crippen LogP contribution in [0.4, 0.5) is 14.5 Å². The number of nitrogens with one attached hydrogen (secondary N) is 1. The molecule has 1 unspecified atom stereocenters. The van der Waals surface area contributed by atoms with Crippen LogP contribution in [0.25, 0.3) is 0 Å². The van der Waals surface area contributed by atoms with Gasteiger partial charge in [-0.3, -0.25) is 4.79 Å². The maximum atomic E-state index is 11.9. The third-order valence-corrected chi connectivity index (χ3v) is 2.28. The third-order valence-electron chi connectivity index (χ3n) is 2.28. The van der Waals surface area contributed by atoms with E-state index in [1.54, 1.807) is 0 Å². The molecule has 1 atom stereocenters. The minimum Gasteiger partial charge on any atom is -0.435 e. The Morgan fingerprint density at radius 3 is 2.42 bits per heavy atom. The summed E-state index contributed by atoms with van der Waals surface area (Å²) in [6.07, 6.45) is 1.41. The lowest BCUT2D eigenvalue weighted by Gasteiger charge is -2.11. The van der Waals surface area contributed by atoms with E-state index in [1.165, 1.54) is 24.3 Å². The van der Waals surface area contributed by atoms with E-state index < -0.39 is 12.7 Å². The largest absolute Gasteiger partial charge is 0.435 e. The lowest BCUT2D eigenvalue weighted by atomic mass is 10.1. The number of carbonyl (C=O) groups excluding carboxylic acids is 1. The summed E-state index contributed by atoms with van der Waals surface area (Å²) in [5.41, 5.74) is 6.13. The van der Waals surface area contributed by atoms with E-state index in [4.69, 9.17) is 5.73 Å². The van der Waals surface area contributed by atoms with Crippen LogP contribution in [0.5, 0.6) is 5.75 Å². The van der Waals surface area contributed by atoms with Gasteiger partial charge in [0.05, 0.1) is 6.04 Å². The molecule has 0 saturated carbocycles. The highest BCUT2D eigenvalue weighted by molar-refractivity contribution is 5.94. The third kappa shape index (κ3) is 6.35. The maximum Gasteiger partial charge on any atom is 0.387 e. The van der Waals surface area contributed by atoms with Crippen molar-refractivity contribution in [2.75, 3.05) is 5.32 Å². The van der Waals surface area contributed by atoms with E-state index in [0.717, 1.165) is 6.42 Å². The smallest absolute Gasteiger partial charge is 0.387 e. The maximum absolute atomic E-state index is 11.9. The van der Waals surface area contributed by atoms with E-state index in [2.05, 4.69) is 10.1 Å². The molecule has 0 bridgehead atoms. The Hall–Kier alpha value is -1.40. The Morgan fingerprint density at radius 2 is 1.95 bits per heavy atom. The van der Waals surface area contributed by atoms with Gasteiger partial charge in [-0.1, -0.05) is 13.3 Å². The summed E-state index contributed by atoms with van der Waals surface area (Å²) in [4.78, 5) is 11.6. The van der Waals surface area contributed by atoms with Gasteiger partial charge in [0.15, 0.2) is 0 Å². The Bertz CT molecular complexity index is 388. The molecule has 0 fully saturated rings. The molecule has 1 aromatic carbocycles. The Balaban J connectivity index is 0.00000324. The van der Waals surface area contributed by atoms with E-state index in [9.17, 15) is 13.6 Å². The number of benzene rings is 1. The average molecular weight is 295 g/mol. The van der Waals surface area contributed by atoms with Crippen LogP contribution in [0.15, 0.2) is 24.3 Å². The second-order valence-corrected chi connectivity index (χ2v) is 3.79. The summed E-state index contributed by atoms with van der Waals surface area (Å²) in [7, 11) is 0. The first kappa shape index (κ1) is 17.6. The molecule has 0 aliphatic heterocycles. The molecule has 0 heterocycles. The highest BCUT2D eigenvalue weighted by Crippen LogP contribution is 2.17. The fourth-order valence-electron chi connectivity index (χ4n) is 1.40. The van der Waals surface area contributed by atoms with Crippen LogP contribution in [0.2, 0.25) is 0 Å². The SMILES string of the molecule is CCCC(N)C(=O)Nc1ccc(OC(F)F)cc1.Cl. The first-order chi connectivity index (χ1) is 8.52. The molecule has 108 valence electrons. The molecular weight excluding hydrogens is 278 g/mol. The Labute approximate surface area is 116 Å². The highest BCUT2D eigenvalue weighted by atomic mass is 35.5. The van der Waals surface area contributed by atoms with Crippen molar-refractivity contribution in [1.29, 1.82) is 0 Å². The first-order valence-electron chi connectivity index (χ1n) is 5.64. The predicted octanol–water partition coefficient (Wildman–Crippen LogP) is 2.78. The molecule has 4 nitrogen and oxygen atoms in total. The summed E-state index contributed by atoms with van der Waals surface area (Å²) in [6, 6.07) is 5.11. The standard InChI is InChI=1S/C12H16F2N2O2.ClH/c1-2-3-10(15)11(17)16-8-4-6-9(7-5-8)18-12(13)14;/h4-7,10,12H,2-3,15H2,1H3,(H,16,17);1H. The number of amides is 1. The lowest BCUT2D eigenvalue weighted by Crippen LogP contribution is -2.35. The van der Waals surface area contributed by atoms with E-state index in [1.807, 2.05) is 6.92 Å². The molecule has 0 aliphatic rings. The molecule has 0 spiro atoms. The zero-order chi connectivity index (χ0) is 13.5. The number of alkyl halides is 2. The van der Waals surface area contributed by atoms with Gasteiger partial charge in [0, 0.05) is 5.69 Å². The van der Waals surface area contributed by atoms with Crippen molar-refractivity contribution in [3.63, 3.8) is 0 Å². The zero-order valence-electron chi connectivity index (χ0n) is 10.4. The molecular formula is C12H17ClF2N2O2. The van der Waals surface area contributed by atoms with Crippen LogP contribution >= 0.6 is 12.4 Å². The molecule has 0 aromatic heterocycles. The average Bonchev–Trinajstić information content (AvgIpc) is 2.31. The van der Waals surface area contributed by atoms with Crippen molar-refractivity contribution in [3.05, 3.63) is 24.3 Å². The molecule has 1 aromatic rings. The van der Waals surface area contributed by atoms with Crippen LogP contribution < -0.4 is 15.8 Å². The highest BCUT2D eigenvalue weighted by Gasteiger charge is 2.12. The quantitative estimate of drug-likeness (QED) is 0.848. The van der Waals surface area contributed by atoms with Gasteiger partial charge in [-0.15, -0.1) is 12.4 Å². The van der Waals surface area contributed by atoms with Crippen molar-refractivity contribution in [2.24, 2.45) is 5.73 Å². The fraction of sp³-hybridized carbons (Fsp3) is 0.417. The van der Waals surface area contributed by atoms with Crippen molar-refractivity contribution >= 4 is 24.0 Å². The number of ether oxygens (including phenoxy) is 1. The minimum absolute atomic E-state index is 0. The number of nitrogens with two attached hydrogens (primary N) is 1. The lowest BCUT2D eigenvalue weighted by molar-refractivity contribution is -0.117. The summed E-state index contributed by atoms with van der Waals surface area (Å²) in [5, 5.41) is 2.60. The number of carbonyl (C=O) groups is 1. The van der Waals surface area contributed by atoms with Crippen LogP contribution in [0.1, 0.15) is 19.8 Å². The van der Waals surface area contributed by atoms with Crippen LogP contribution in [-0.2, 0) is 4.79 Å². The number of hydrogen-bond acceptors (Lipinski definition) is 3. The first-order valence-corrected chi connectivity index (χ1v) is 5.64. The van der Waals surface area contributed by atoms with Crippen molar-refractivity contribution in [2.45, 2.75) is 32.4 Å². The zero-order valence-corrected chi connectivity index (χ0v) is 11.3. The summed E-state index contributed by atoms with van der Waals surface area (Å²) in [5.74, 6) is -0.250. The van der Waals surface area contributed by atoms with Gasteiger partial charge < -0.3 is 15.8 Å². The van der Waals surface area contributed by atoms with Gasteiger partial charge in [-0.2, -0.15) is 8.78 Å². The second-order valence-electron chi connectivity index (χ2n) is 3.79. The number of rotatable bonds is 6. The van der Waals surface area contributed by atoms with Crippen LogP contribution in [-0.4, -0.2) is 18.6 Å². The Kier molecular flexibility index (Phi) is 8.02. The number of halogens is 3. The fourth-order valence-corrected chi connectivity index (χ4v) is 1.40. The minimum atomic E-state index is -2.86. The van der Waals surface area contributed by atoms with Crippen molar-refractivity contribution in [1.82, 2.24) is 0 Å². The summed E-state index contributed by atoms with van der Waals surface area (Å²) >= 11 is 0. The molecule has 1 rings (SSSR count). The Morgan fingerprint density at radius 1 is 1.37 bits per heavy atom. The predicted molar refractivity (Wildman–Crippen MR) is 71.8 cm³/mol. The summed E-state index contributed by atoms with van der Waals surface area (Å²) < 4.78 is 28.0.